The molecule has 0 amide bonds. The van der Waals surface area contributed by atoms with Gasteiger partial charge in [-0.25, -0.2) is 4.79 Å². The molecule has 8 nitrogen and oxygen atoms in total. The Hall–Kier alpha value is -3.39. The second-order valence-corrected chi connectivity index (χ2v) is 6.28. The summed E-state index contributed by atoms with van der Waals surface area (Å²) in [6.07, 6.45) is -1.43. The van der Waals surface area contributed by atoms with Gasteiger partial charge in [0, 0.05) is 24.1 Å². The topological polar surface area (TPSA) is 85.6 Å². The summed E-state index contributed by atoms with van der Waals surface area (Å²) in [5, 5.41) is 0.642. The van der Waals surface area contributed by atoms with Gasteiger partial charge in [0.25, 0.3) is 0 Å². The number of methoxy groups -OCH3 is 4. The fraction of sp³-hybridized carbons (Fsp3) is 0.286. The van der Waals surface area contributed by atoms with Crippen LogP contribution in [0.2, 0.25) is 0 Å². The SMILES string of the molecule is COc1ccc([C@H]2Oc3c(OC)cc4ccc(=O)oc4c3O[C@@H]2OC)cc1OC. The van der Waals surface area contributed by atoms with Crippen LogP contribution < -0.4 is 29.3 Å². The average Bonchev–Trinajstić information content (AvgIpc) is 2.77. The van der Waals surface area contributed by atoms with E-state index < -0.39 is 18.0 Å². The third-order valence-corrected chi connectivity index (χ3v) is 4.70. The van der Waals surface area contributed by atoms with Crippen LogP contribution in [0.3, 0.4) is 0 Å². The largest absolute Gasteiger partial charge is 0.493 e. The molecule has 0 saturated carbocycles. The summed E-state index contributed by atoms with van der Waals surface area (Å²) in [5.74, 6) is 2.16. The maximum Gasteiger partial charge on any atom is 0.336 e. The average molecular weight is 400 g/mol. The molecule has 0 aliphatic carbocycles. The minimum Gasteiger partial charge on any atom is -0.493 e. The molecule has 1 aliphatic heterocycles. The van der Waals surface area contributed by atoms with Crippen LogP contribution in [0, 0.1) is 0 Å². The van der Waals surface area contributed by atoms with Crippen molar-refractivity contribution in [3.05, 3.63) is 52.4 Å². The number of benzene rings is 2. The highest BCUT2D eigenvalue weighted by Crippen LogP contribution is 2.50. The standard InChI is InChI=1S/C21H20O8/c1-23-13-7-5-12(9-14(13)24-2)18-21(26-4)29-20-17-11(6-8-16(22)27-17)10-15(25-3)19(20)28-18/h5-10,18,21H,1-4H3/t18-,21+/m1/s1. The smallest absolute Gasteiger partial charge is 0.336 e. The molecular weight excluding hydrogens is 380 g/mol. The molecule has 29 heavy (non-hydrogen) atoms. The molecular formula is C21H20O8. The van der Waals surface area contributed by atoms with Gasteiger partial charge in [-0.1, -0.05) is 6.07 Å². The molecule has 8 heteroatoms. The summed E-state index contributed by atoms with van der Waals surface area (Å²) in [6, 6.07) is 10.1. The summed E-state index contributed by atoms with van der Waals surface area (Å²) in [7, 11) is 6.15. The third-order valence-electron chi connectivity index (χ3n) is 4.70. The Balaban J connectivity index is 1.85. The van der Waals surface area contributed by atoms with Gasteiger partial charge >= 0.3 is 5.63 Å². The molecule has 0 N–H and O–H groups in total. The van der Waals surface area contributed by atoms with Gasteiger partial charge in [0.2, 0.25) is 17.8 Å². The Labute approximate surface area is 166 Å². The van der Waals surface area contributed by atoms with Crippen molar-refractivity contribution in [2.24, 2.45) is 0 Å². The van der Waals surface area contributed by atoms with Gasteiger partial charge in [-0.2, -0.15) is 0 Å². The van der Waals surface area contributed by atoms with E-state index in [9.17, 15) is 4.79 Å². The number of hydrogen-bond donors (Lipinski definition) is 0. The molecule has 3 aromatic rings. The molecule has 2 atom stereocenters. The van der Waals surface area contributed by atoms with Crippen molar-refractivity contribution in [1.29, 1.82) is 0 Å². The normalized spacial score (nSPS) is 17.8. The number of fused-ring (bicyclic) bond motifs is 3. The van der Waals surface area contributed by atoms with E-state index in [1.54, 1.807) is 38.5 Å². The minimum atomic E-state index is -0.804. The van der Waals surface area contributed by atoms with Crippen molar-refractivity contribution >= 4 is 11.0 Å². The minimum absolute atomic E-state index is 0.251. The lowest BCUT2D eigenvalue weighted by Crippen LogP contribution is -2.35. The second-order valence-electron chi connectivity index (χ2n) is 6.28. The van der Waals surface area contributed by atoms with Crippen LogP contribution in [0.5, 0.6) is 28.7 Å². The van der Waals surface area contributed by atoms with Gasteiger partial charge in [-0.05, 0) is 24.3 Å². The summed E-state index contributed by atoms with van der Waals surface area (Å²) < 4.78 is 39.3. The molecule has 0 radical (unpaired) electrons. The molecule has 0 spiro atoms. The third kappa shape index (κ3) is 3.21. The molecule has 1 aliphatic rings. The zero-order valence-electron chi connectivity index (χ0n) is 16.4. The number of rotatable bonds is 5. The molecule has 0 unspecified atom stereocenters. The van der Waals surface area contributed by atoms with Crippen LogP contribution >= 0.6 is 0 Å². The second kappa shape index (κ2) is 7.56. The van der Waals surface area contributed by atoms with Crippen LogP contribution in [0.1, 0.15) is 11.7 Å². The maximum absolute atomic E-state index is 11.7. The van der Waals surface area contributed by atoms with Crippen LogP contribution in [0.15, 0.2) is 45.6 Å². The van der Waals surface area contributed by atoms with Crippen LogP contribution in [-0.2, 0) is 4.74 Å². The van der Waals surface area contributed by atoms with Gasteiger partial charge < -0.3 is 32.8 Å². The highest BCUT2D eigenvalue weighted by Gasteiger charge is 2.37. The lowest BCUT2D eigenvalue weighted by Gasteiger charge is -2.34. The summed E-state index contributed by atoms with van der Waals surface area (Å²) in [5.41, 5.74) is 0.516. The quantitative estimate of drug-likeness (QED) is 0.603. The van der Waals surface area contributed by atoms with Crippen LogP contribution in [-0.4, -0.2) is 34.7 Å². The van der Waals surface area contributed by atoms with Crippen molar-refractivity contribution in [3.8, 4) is 28.7 Å². The maximum atomic E-state index is 11.7. The van der Waals surface area contributed by atoms with Gasteiger partial charge in [0.1, 0.15) is 0 Å². The van der Waals surface area contributed by atoms with Crippen molar-refractivity contribution in [2.75, 3.05) is 28.4 Å². The predicted molar refractivity (Wildman–Crippen MR) is 103 cm³/mol. The van der Waals surface area contributed by atoms with Crippen LogP contribution in [0.25, 0.3) is 11.0 Å². The zero-order valence-corrected chi connectivity index (χ0v) is 16.4. The molecule has 152 valence electrons. The Morgan fingerprint density at radius 1 is 0.793 bits per heavy atom. The van der Waals surface area contributed by atoms with Crippen LogP contribution in [0.4, 0.5) is 0 Å². The van der Waals surface area contributed by atoms with Crippen molar-refractivity contribution in [1.82, 2.24) is 0 Å². The van der Waals surface area contributed by atoms with E-state index >= 15 is 0 Å². The first-order chi connectivity index (χ1) is 14.1. The van der Waals surface area contributed by atoms with E-state index in [1.165, 1.54) is 20.3 Å². The fourth-order valence-corrected chi connectivity index (χ4v) is 3.30. The molecule has 0 fully saturated rings. The van der Waals surface area contributed by atoms with E-state index in [2.05, 4.69) is 0 Å². The van der Waals surface area contributed by atoms with E-state index in [1.807, 2.05) is 6.07 Å². The van der Waals surface area contributed by atoms with E-state index in [4.69, 9.17) is 32.8 Å². The van der Waals surface area contributed by atoms with Crippen molar-refractivity contribution in [2.45, 2.75) is 12.4 Å². The molecule has 2 heterocycles. The summed E-state index contributed by atoms with van der Waals surface area (Å²) in [6.45, 7) is 0. The van der Waals surface area contributed by atoms with E-state index in [0.717, 1.165) is 5.56 Å². The highest BCUT2D eigenvalue weighted by atomic mass is 16.7. The van der Waals surface area contributed by atoms with Gasteiger partial charge in [-0.15, -0.1) is 0 Å². The first-order valence-electron chi connectivity index (χ1n) is 8.82. The van der Waals surface area contributed by atoms with Gasteiger partial charge in [0.05, 0.1) is 21.3 Å². The van der Waals surface area contributed by atoms with Crippen molar-refractivity contribution in [3.63, 3.8) is 0 Å². The summed E-state index contributed by atoms with van der Waals surface area (Å²) in [4.78, 5) is 11.7. The highest BCUT2D eigenvalue weighted by molar-refractivity contribution is 5.88. The monoisotopic (exact) mass is 400 g/mol. The zero-order chi connectivity index (χ0) is 20.5. The lowest BCUT2D eigenvalue weighted by atomic mass is 10.1. The Morgan fingerprint density at radius 2 is 1.55 bits per heavy atom. The lowest BCUT2D eigenvalue weighted by molar-refractivity contribution is -0.137. The molecule has 4 rings (SSSR count). The van der Waals surface area contributed by atoms with E-state index in [0.29, 0.717) is 28.4 Å². The Bertz CT molecular complexity index is 1100. The first kappa shape index (κ1) is 18.9. The first-order valence-corrected chi connectivity index (χ1v) is 8.82. The predicted octanol–water partition coefficient (Wildman–Crippen LogP) is 3.30. The van der Waals surface area contributed by atoms with E-state index in [-0.39, 0.29) is 11.3 Å². The molecule has 1 aromatic heterocycles. The number of ether oxygens (including phenoxy) is 6. The summed E-state index contributed by atoms with van der Waals surface area (Å²) >= 11 is 0. The molecule has 2 aromatic carbocycles. The molecule has 0 saturated heterocycles. The molecule has 0 bridgehead atoms. The Morgan fingerprint density at radius 3 is 2.24 bits per heavy atom. The Kier molecular flexibility index (Phi) is 4.94. The van der Waals surface area contributed by atoms with Crippen molar-refractivity contribution < 1.29 is 32.8 Å². The van der Waals surface area contributed by atoms with Gasteiger partial charge in [-0.3, -0.25) is 0 Å². The fourth-order valence-electron chi connectivity index (χ4n) is 3.30. The number of hydrogen-bond acceptors (Lipinski definition) is 8. The van der Waals surface area contributed by atoms with Gasteiger partial charge in [0.15, 0.2) is 28.9 Å².